The summed E-state index contributed by atoms with van der Waals surface area (Å²) in [7, 11) is -2.96. The van der Waals surface area contributed by atoms with Gasteiger partial charge >= 0.3 is 0 Å². The van der Waals surface area contributed by atoms with Crippen LogP contribution in [0.25, 0.3) is 0 Å². The first-order valence-electron chi connectivity index (χ1n) is 14.5. The van der Waals surface area contributed by atoms with Gasteiger partial charge in [-0.3, -0.25) is 13.9 Å². The maximum atomic E-state index is 14.6. The van der Waals surface area contributed by atoms with E-state index in [0.29, 0.717) is 28.6 Å². The van der Waals surface area contributed by atoms with Gasteiger partial charge in [0.15, 0.2) is 0 Å². The molecule has 4 rings (SSSR count). The Morgan fingerprint density at radius 3 is 2.11 bits per heavy atom. The maximum Gasteiger partial charge on any atom is 0.264 e. The number of sulfonamides is 1. The quantitative estimate of drug-likeness (QED) is 0.153. The maximum absolute atomic E-state index is 14.6. The molecule has 0 spiro atoms. The first-order chi connectivity index (χ1) is 22.1. The summed E-state index contributed by atoms with van der Waals surface area (Å²) >= 11 is 19.4. The lowest BCUT2D eigenvalue weighted by molar-refractivity contribution is -0.140. The second kappa shape index (κ2) is 16.2. The van der Waals surface area contributed by atoms with E-state index in [9.17, 15) is 18.0 Å². The van der Waals surface area contributed by atoms with Gasteiger partial charge < -0.3 is 15.0 Å². The van der Waals surface area contributed by atoms with Crippen LogP contribution in [0.15, 0.2) is 102 Å². The van der Waals surface area contributed by atoms with E-state index in [-0.39, 0.29) is 34.3 Å². The largest absolute Gasteiger partial charge is 0.495 e. The Morgan fingerprint density at radius 1 is 0.870 bits per heavy atom. The molecule has 0 saturated carbocycles. The number of rotatable bonds is 14. The van der Waals surface area contributed by atoms with Crippen LogP contribution in [0.2, 0.25) is 15.1 Å². The van der Waals surface area contributed by atoms with Gasteiger partial charge in [0.05, 0.1) is 17.7 Å². The standard InChI is InChI=1S/C34H34Cl3N3O5S/c1-3-19-38-34(42)31(20-24-11-6-4-7-12-24)39(22-27-28(36)15-10-16-29(27)37)33(41)23-40(30-21-25(35)17-18-32(30)45-2)46(43,44)26-13-8-5-9-14-26/h4-18,21,31H,3,19-20,22-23H2,1-2H3,(H,38,42)/t31-/m0/s1. The van der Waals surface area contributed by atoms with E-state index in [1.165, 1.54) is 36.3 Å². The normalized spacial score (nSPS) is 11.8. The molecule has 1 N–H and O–H groups in total. The first-order valence-corrected chi connectivity index (χ1v) is 17.1. The number of methoxy groups -OCH3 is 1. The minimum absolute atomic E-state index is 0.0490. The number of hydrogen-bond acceptors (Lipinski definition) is 5. The van der Waals surface area contributed by atoms with Crippen molar-refractivity contribution < 1.29 is 22.7 Å². The van der Waals surface area contributed by atoms with Gasteiger partial charge in [-0.2, -0.15) is 0 Å². The van der Waals surface area contributed by atoms with Crippen molar-refractivity contribution in [3.8, 4) is 5.75 Å². The molecule has 4 aromatic carbocycles. The predicted octanol–water partition coefficient (Wildman–Crippen LogP) is 7.02. The Hall–Kier alpha value is -3.76. The molecule has 0 heterocycles. The van der Waals surface area contributed by atoms with Crippen molar-refractivity contribution in [1.82, 2.24) is 10.2 Å². The topological polar surface area (TPSA) is 96.0 Å². The molecule has 0 aromatic heterocycles. The highest BCUT2D eigenvalue weighted by molar-refractivity contribution is 7.92. The van der Waals surface area contributed by atoms with Crippen molar-refractivity contribution in [3.63, 3.8) is 0 Å². The molecule has 0 radical (unpaired) electrons. The van der Waals surface area contributed by atoms with Crippen LogP contribution in [0, 0.1) is 0 Å². The molecule has 0 fully saturated rings. The zero-order valence-corrected chi connectivity index (χ0v) is 28.4. The summed E-state index contributed by atoms with van der Waals surface area (Å²) in [4.78, 5) is 29.7. The Labute approximate surface area is 284 Å². The Balaban J connectivity index is 1.87. The molecule has 0 aliphatic heterocycles. The minimum Gasteiger partial charge on any atom is -0.495 e. The summed E-state index contributed by atoms with van der Waals surface area (Å²) in [6.45, 7) is 1.44. The van der Waals surface area contributed by atoms with Gasteiger partial charge in [-0.05, 0) is 54.4 Å². The molecule has 0 unspecified atom stereocenters. The van der Waals surface area contributed by atoms with Gasteiger partial charge in [0.2, 0.25) is 11.8 Å². The van der Waals surface area contributed by atoms with Crippen LogP contribution in [0.1, 0.15) is 24.5 Å². The van der Waals surface area contributed by atoms with Crippen LogP contribution in [0.5, 0.6) is 5.75 Å². The minimum atomic E-state index is -4.35. The van der Waals surface area contributed by atoms with Gasteiger partial charge in [0, 0.05) is 40.1 Å². The average Bonchev–Trinajstić information content (AvgIpc) is 3.06. The summed E-state index contributed by atoms with van der Waals surface area (Å²) in [5.74, 6) is -0.899. The van der Waals surface area contributed by atoms with Crippen molar-refractivity contribution in [3.05, 3.63) is 123 Å². The van der Waals surface area contributed by atoms with Crippen molar-refractivity contribution in [2.24, 2.45) is 0 Å². The van der Waals surface area contributed by atoms with Crippen molar-refractivity contribution in [2.75, 3.05) is 24.5 Å². The third-order valence-corrected chi connectivity index (χ3v) is 9.95. The predicted molar refractivity (Wildman–Crippen MR) is 183 cm³/mol. The zero-order chi connectivity index (χ0) is 33.3. The van der Waals surface area contributed by atoms with Gasteiger partial charge in [0.1, 0.15) is 18.3 Å². The van der Waals surface area contributed by atoms with Crippen molar-refractivity contribution >= 4 is 62.3 Å². The van der Waals surface area contributed by atoms with E-state index in [4.69, 9.17) is 39.5 Å². The number of nitrogens with zero attached hydrogens (tertiary/aromatic N) is 2. The highest BCUT2D eigenvalue weighted by atomic mass is 35.5. The average molecular weight is 703 g/mol. The van der Waals surface area contributed by atoms with E-state index in [1.54, 1.807) is 42.5 Å². The lowest BCUT2D eigenvalue weighted by Crippen LogP contribution is -2.53. The number of carbonyl (C=O) groups excluding carboxylic acids is 2. The Bertz CT molecular complexity index is 1740. The molecular formula is C34H34Cl3N3O5S. The number of ether oxygens (including phenoxy) is 1. The third kappa shape index (κ3) is 8.53. The van der Waals surface area contributed by atoms with E-state index in [1.807, 2.05) is 37.3 Å². The second-order valence-corrected chi connectivity index (χ2v) is 13.5. The molecule has 12 heteroatoms. The number of benzene rings is 4. The van der Waals surface area contributed by atoms with Gasteiger partial charge in [-0.1, -0.05) is 96.3 Å². The first kappa shape index (κ1) is 35.1. The Kier molecular flexibility index (Phi) is 12.3. The fourth-order valence-electron chi connectivity index (χ4n) is 4.86. The van der Waals surface area contributed by atoms with Crippen LogP contribution in [-0.2, 0) is 32.6 Å². The molecule has 0 saturated heterocycles. The second-order valence-electron chi connectivity index (χ2n) is 10.4. The zero-order valence-electron chi connectivity index (χ0n) is 25.3. The highest BCUT2D eigenvalue weighted by Gasteiger charge is 2.36. The molecule has 0 bridgehead atoms. The smallest absolute Gasteiger partial charge is 0.264 e. The SMILES string of the molecule is CCCNC(=O)[C@H](Cc1ccccc1)N(Cc1c(Cl)cccc1Cl)C(=O)CN(c1cc(Cl)ccc1OC)S(=O)(=O)c1ccccc1. The summed E-state index contributed by atoms with van der Waals surface area (Å²) in [6.07, 6.45) is 0.821. The number of hydrogen-bond donors (Lipinski definition) is 1. The monoisotopic (exact) mass is 701 g/mol. The lowest BCUT2D eigenvalue weighted by Gasteiger charge is -2.34. The highest BCUT2D eigenvalue weighted by Crippen LogP contribution is 2.35. The number of nitrogens with one attached hydrogen (secondary N) is 1. The van der Waals surface area contributed by atoms with E-state index >= 15 is 0 Å². The summed E-state index contributed by atoms with van der Waals surface area (Å²) in [6, 6.07) is 25.4. The number of carbonyl (C=O) groups is 2. The van der Waals surface area contributed by atoms with Crippen molar-refractivity contribution in [2.45, 2.75) is 37.2 Å². The number of halogens is 3. The summed E-state index contributed by atoms with van der Waals surface area (Å²) in [5, 5.41) is 3.72. The molecule has 46 heavy (non-hydrogen) atoms. The van der Waals surface area contributed by atoms with Crippen LogP contribution < -0.4 is 14.4 Å². The lowest BCUT2D eigenvalue weighted by atomic mass is 10.0. The van der Waals surface area contributed by atoms with E-state index < -0.39 is 34.4 Å². The van der Waals surface area contributed by atoms with Gasteiger partial charge in [-0.15, -0.1) is 0 Å². The van der Waals surface area contributed by atoms with Crippen LogP contribution in [-0.4, -0.2) is 51.4 Å². The molecule has 1 atom stereocenters. The van der Waals surface area contributed by atoms with Gasteiger partial charge in [-0.25, -0.2) is 8.42 Å². The number of amides is 2. The fourth-order valence-corrected chi connectivity index (χ4v) is 6.99. The summed E-state index contributed by atoms with van der Waals surface area (Å²) < 4.78 is 34.9. The molecule has 0 aliphatic rings. The van der Waals surface area contributed by atoms with Crippen molar-refractivity contribution in [1.29, 1.82) is 0 Å². The molecule has 4 aromatic rings. The van der Waals surface area contributed by atoms with Crippen LogP contribution in [0.4, 0.5) is 5.69 Å². The van der Waals surface area contributed by atoms with Gasteiger partial charge in [0.25, 0.3) is 10.0 Å². The summed E-state index contributed by atoms with van der Waals surface area (Å²) in [5.41, 5.74) is 1.27. The fraction of sp³-hybridized carbons (Fsp3) is 0.235. The molecule has 8 nitrogen and oxygen atoms in total. The molecule has 242 valence electrons. The molecule has 0 aliphatic carbocycles. The van der Waals surface area contributed by atoms with Crippen LogP contribution in [0.3, 0.4) is 0 Å². The van der Waals surface area contributed by atoms with Crippen LogP contribution >= 0.6 is 34.8 Å². The molecular weight excluding hydrogens is 669 g/mol. The number of anilines is 1. The van der Waals surface area contributed by atoms with E-state index in [2.05, 4.69) is 5.32 Å². The molecule has 2 amide bonds. The third-order valence-electron chi connectivity index (χ3n) is 7.23. The Morgan fingerprint density at radius 2 is 1.50 bits per heavy atom. The van der Waals surface area contributed by atoms with E-state index in [0.717, 1.165) is 9.87 Å².